The summed E-state index contributed by atoms with van der Waals surface area (Å²) in [4.78, 5) is 1.37. The van der Waals surface area contributed by atoms with Crippen molar-refractivity contribution in [1.29, 1.82) is 0 Å². The SMILES string of the molecule is CCCNC(C)c1cccc(SC2CCOC2)c1. The van der Waals surface area contributed by atoms with Crippen molar-refractivity contribution in [2.24, 2.45) is 0 Å². The van der Waals surface area contributed by atoms with E-state index in [-0.39, 0.29) is 0 Å². The molecule has 0 radical (unpaired) electrons. The molecule has 1 fully saturated rings. The van der Waals surface area contributed by atoms with Gasteiger partial charge in [0.1, 0.15) is 0 Å². The van der Waals surface area contributed by atoms with Gasteiger partial charge in [-0.3, -0.25) is 0 Å². The molecule has 1 aliphatic heterocycles. The molecule has 2 unspecified atom stereocenters. The van der Waals surface area contributed by atoms with Gasteiger partial charge in [0, 0.05) is 22.8 Å². The second-order valence-electron chi connectivity index (χ2n) is 4.85. The lowest BCUT2D eigenvalue weighted by Crippen LogP contribution is -2.19. The molecule has 3 heteroatoms. The number of nitrogens with one attached hydrogen (secondary N) is 1. The van der Waals surface area contributed by atoms with Gasteiger partial charge in [-0.05, 0) is 44.0 Å². The summed E-state index contributed by atoms with van der Waals surface area (Å²) in [7, 11) is 0. The van der Waals surface area contributed by atoms with Crippen molar-refractivity contribution in [2.75, 3.05) is 19.8 Å². The minimum Gasteiger partial charge on any atom is -0.380 e. The molecule has 0 aliphatic carbocycles. The topological polar surface area (TPSA) is 21.3 Å². The zero-order chi connectivity index (χ0) is 12.8. The van der Waals surface area contributed by atoms with E-state index in [2.05, 4.69) is 43.4 Å². The summed E-state index contributed by atoms with van der Waals surface area (Å²) in [6, 6.07) is 9.33. The number of ether oxygens (including phenoxy) is 1. The Bertz CT molecular complexity index is 363. The predicted molar refractivity (Wildman–Crippen MR) is 78.2 cm³/mol. The first kappa shape index (κ1) is 13.9. The molecule has 1 aliphatic rings. The molecule has 1 aromatic carbocycles. The Hall–Kier alpha value is -0.510. The first-order valence-corrected chi connectivity index (χ1v) is 7.75. The summed E-state index contributed by atoms with van der Waals surface area (Å²) in [5.74, 6) is 0. The van der Waals surface area contributed by atoms with Crippen LogP contribution in [0, 0.1) is 0 Å². The molecule has 1 aromatic rings. The molecule has 1 heterocycles. The van der Waals surface area contributed by atoms with Crippen LogP contribution in [0.15, 0.2) is 29.2 Å². The van der Waals surface area contributed by atoms with Crippen molar-refractivity contribution >= 4 is 11.8 Å². The van der Waals surface area contributed by atoms with E-state index < -0.39 is 0 Å². The Morgan fingerprint density at radius 3 is 3.11 bits per heavy atom. The van der Waals surface area contributed by atoms with E-state index >= 15 is 0 Å². The molecular formula is C15H23NOS. The quantitative estimate of drug-likeness (QED) is 0.848. The van der Waals surface area contributed by atoms with Crippen molar-refractivity contribution in [1.82, 2.24) is 5.32 Å². The van der Waals surface area contributed by atoms with Crippen LogP contribution < -0.4 is 5.32 Å². The van der Waals surface area contributed by atoms with Crippen LogP contribution in [-0.4, -0.2) is 25.0 Å². The highest BCUT2D eigenvalue weighted by molar-refractivity contribution is 8.00. The molecule has 1 N–H and O–H groups in total. The molecular weight excluding hydrogens is 242 g/mol. The normalized spacial score (nSPS) is 21.1. The first-order valence-electron chi connectivity index (χ1n) is 6.87. The minimum atomic E-state index is 0.435. The van der Waals surface area contributed by atoms with Crippen molar-refractivity contribution < 1.29 is 4.74 Å². The van der Waals surface area contributed by atoms with Crippen molar-refractivity contribution in [3.05, 3.63) is 29.8 Å². The van der Waals surface area contributed by atoms with Gasteiger partial charge >= 0.3 is 0 Å². The average Bonchev–Trinajstić information content (AvgIpc) is 2.89. The van der Waals surface area contributed by atoms with Gasteiger partial charge in [-0.15, -0.1) is 11.8 Å². The Balaban J connectivity index is 1.95. The third-order valence-electron chi connectivity index (χ3n) is 3.25. The van der Waals surface area contributed by atoms with Crippen molar-refractivity contribution in [3.8, 4) is 0 Å². The highest BCUT2D eigenvalue weighted by Gasteiger charge is 2.17. The van der Waals surface area contributed by atoms with E-state index in [9.17, 15) is 0 Å². The van der Waals surface area contributed by atoms with Crippen LogP contribution in [0.3, 0.4) is 0 Å². The molecule has 0 bridgehead atoms. The van der Waals surface area contributed by atoms with Gasteiger partial charge in [0.2, 0.25) is 0 Å². The Kier molecular flexibility index (Phi) is 5.54. The number of thioether (sulfide) groups is 1. The maximum absolute atomic E-state index is 5.43. The zero-order valence-corrected chi connectivity index (χ0v) is 12.1. The standard InChI is InChI=1S/C15H23NOS/c1-3-8-16-12(2)13-5-4-6-14(10-13)18-15-7-9-17-11-15/h4-6,10,12,15-16H,3,7-9,11H2,1-2H3. The molecule has 0 aromatic heterocycles. The van der Waals surface area contributed by atoms with Crippen molar-refractivity contribution in [3.63, 3.8) is 0 Å². The van der Waals surface area contributed by atoms with Crippen LogP contribution in [0.4, 0.5) is 0 Å². The number of benzene rings is 1. The zero-order valence-electron chi connectivity index (χ0n) is 11.3. The van der Waals surface area contributed by atoms with Crippen LogP contribution in [0.2, 0.25) is 0 Å². The third-order valence-corrected chi connectivity index (χ3v) is 4.48. The monoisotopic (exact) mass is 265 g/mol. The van der Waals surface area contributed by atoms with E-state index in [0.717, 1.165) is 19.8 Å². The van der Waals surface area contributed by atoms with E-state index in [1.54, 1.807) is 0 Å². The Labute approximate surface area is 114 Å². The van der Waals surface area contributed by atoms with Gasteiger partial charge in [0.15, 0.2) is 0 Å². The fourth-order valence-corrected chi connectivity index (χ4v) is 3.26. The molecule has 0 saturated carbocycles. The van der Waals surface area contributed by atoms with Gasteiger partial charge in [-0.1, -0.05) is 19.1 Å². The van der Waals surface area contributed by atoms with Crippen LogP contribution in [0.5, 0.6) is 0 Å². The van der Waals surface area contributed by atoms with Crippen LogP contribution >= 0.6 is 11.8 Å². The smallest absolute Gasteiger partial charge is 0.0589 e. The molecule has 0 amide bonds. The second-order valence-corrected chi connectivity index (χ2v) is 6.23. The molecule has 100 valence electrons. The first-order chi connectivity index (χ1) is 8.79. The maximum Gasteiger partial charge on any atom is 0.0589 e. The molecule has 2 atom stereocenters. The van der Waals surface area contributed by atoms with E-state index in [1.807, 2.05) is 11.8 Å². The molecule has 2 rings (SSSR count). The number of rotatable bonds is 6. The van der Waals surface area contributed by atoms with Crippen LogP contribution in [-0.2, 0) is 4.74 Å². The Morgan fingerprint density at radius 1 is 1.50 bits per heavy atom. The van der Waals surface area contributed by atoms with E-state index in [0.29, 0.717) is 11.3 Å². The summed E-state index contributed by atoms with van der Waals surface area (Å²) >= 11 is 1.95. The van der Waals surface area contributed by atoms with Crippen LogP contribution in [0.1, 0.15) is 38.3 Å². The van der Waals surface area contributed by atoms with Gasteiger partial charge < -0.3 is 10.1 Å². The third kappa shape index (κ3) is 4.01. The molecule has 2 nitrogen and oxygen atoms in total. The van der Waals surface area contributed by atoms with Crippen molar-refractivity contribution in [2.45, 2.75) is 42.9 Å². The maximum atomic E-state index is 5.43. The number of hydrogen-bond donors (Lipinski definition) is 1. The second kappa shape index (κ2) is 7.17. The molecule has 1 saturated heterocycles. The minimum absolute atomic E-state index is 0.435. The van der Waals surface area contributed by atoms with Gasteiger partial charge in [-0.25, -0.2) is 0 Å². The highest BCUT2D eigenvalue weighted by atomic mass is 32.2. The lowest BCUT2D eigenvalue weighted by atomic mass is 10.1. The Morgan fingerprint density at radius 2 is 2.39 bits per heavy atom. The van der Waals surface area contributed by atoms with Gasteiger partial charge in [0.25, 0.3) is 0 Å². The molecule has 0 spiro atoms. The average molecular weight is 265 g/mol. The van der Waals surface area contributed by atoms with Gasteiger partial charge in [-0.2, -0.15) is 0 Å². The summed E-state index contributed by atoms with van der Waals surface area (Å²) < 4.78 is 5.43. The van der Waals surface area contributed by atoms with Gasteiger partial charge in [0.05, 0.1) is 6.61 Å². The molecule has 18 heavy (non-hydrogen) atoms. The lowest BCUT2D eigenvalue weighted by molar-refractivity contribution is 0.199. The van der Waals surface area contributed by atoms with E-state index in [1.165, 1.54) is 23.3 Å². The van der Waals surface area contributed by atoms with E-state index in [4.69, 9.17) is 4.74 Å². The summed E-state index contributed by atoms with van der Waals surface area (Å²) in [6.45, 7) is 7.34. The predicted octanol–water partition coefficient (Wildman–Crippen LogP) is 3.63. The highest BCUT2D eigenvalue weighted by Crippen LogP contribution is 2.30. The van der Waals surface area contributed by atoms with Crippen LogP contribution in [0.25, 0.3) is 0 Å². The summed E-state index contributed by atoms with van der Waals surface area (Å²) in [5.41, 5.74) is 1.38. The number of hydrogen-bond acceptors (Lipinski definition) is 3. The largest absolute Gasteiger partial charge is 0.380 e. The summed E-state index contributed by atoms with van der Waals surface area (Å²) in [6.07, 6.45) is 2.36. The fourth-order valence-electron chi connectivity index (χ4n) is 2.13. The fraction of sp³-hybridized carbons (Fsp3) is 0.600. The summed E-state index contributed by atoms with van der Waals surface area (Å²) in [5, 5.41) is 4.17. The lowest BCUT2D eigenvalue weighted by Gasteiger charge is -2.15.